The average Bonchev–Trinajstić information content (AvgIpc) is 3.30. The molecule has 2 heterocycles. The number of carbonyl (C=O) groups is 2. The summed E-state index contributed by atoms with van der Waals surface area (Å²) in [6, 6.07) is 7.18. The van der Waals surface area contributed by atoms with E-state index in [0.717, 1.165) is 17.8 Å². The van der Waals surface area contributed by atoms with Crippen LogP contribution in [-0.4, -0.2) is 28.6 Å². The molecule has 1 aliphatic carbocycles. The maximum absolute atomic E-state index is 12.6. The van der Waals surface area contributed by atoms with Gasteiger partial charge in [0, 0.05) is 18.9 Å². The Bertz CT molecular complexity index is 850. The lowest BCUT2D eigenvalue weighted by Gasteiger charge is -2.18. The van der Waals surface area contributed by atoms with Crippen LogP contribution in [0.25, 0.3) is 0 Å². The third kappa shape index (κ3) is 3.99. The van der Waals surface area contributed by atoms with E-state index in [1.807, 2.05) is 12.1 Å². The van der Waals surface area contributed by atoms with Gasteiger partial charge in [-0.15, -0.1) is 10.2 Å². The number of rotatable bonds is 4. The number of anilines is 2. The van der Waals surface area contributed by atoms with Crippen molar-refractivity contribution >= 4 is 45.6 Å². The van der Waals surface area contributed by atoms with Gasteiger partial charge in [0.2, 0.25) is 16.9 Å². The largest absolute Gasteiger partial charge is 0.310 e. The molecule has 0 radical (unpaired) electrons. The zero-order valence-electron chi connectivity index (χ0n) is 14.9. The third-order valence-corrected chi connectivity index (χ3v) is 6.59. The van der Waals surface area contributed by atoms with Crippen molar-refractivity contribution in [2.24, 2.45) is 5.92 Å². The molecule has 8 heteroatoms. The normalized spacial score (nSPS) is 20.9. The molecule has 1 unspecified atom stereocenters. The molecule has 2 amide bonds. The molecule has 1 N–H and O–H groups in total. The standard InChI is InChI=1S/C19H21ClN4O2S/c20-14-8-4-5-9-15(14)24-11-13(10-16(24)25)17(26)21-19-23-22-18(27-19)12-6-2-1-3-7-12/h4-5,8-9,12-13H,1-3,6-7,10-11H2,(H,21,23,26). The highest BCUT2D eigenvalue weighted by Crippen LogP contribution is 2.36. The Hall–Kier alpha value is -1.99. The van der Waals surface area contributed by atoms with Gasteiger partial charge in [0.05, 0.1) is 16.6 Å². The number of nitrogens with one attached hydrogen (secondary N) is 1. The first-order chi connectivity index (χ1) is 13.1. The van der Waals surface area contributed by atoms with Gasteiger partial charge in [-0.1, -0.05) is 54.3 Å². The number of amides is 2. The van der Waals surface area contributed by atoms with Crippen LogP contribution in [0.5, 0.6) is 0 Å². The quantitative estimate of drug-likeness (QED) is 0.827. The van der Waals surface area contributed by atoms with E-state index in [-0.39, 0.29) is 18.2 Å². The molecular formula is C19H21ClN4O2S. The SMILES string of the molecule is O=C(Nc1nnc(C2CCCCC2)s1)C1CC(=O)N(c2ccccc2Cl)C1. The molecule has 0 spiro atoms. The summed E-state index contributed by atoms with van der Waals surface area (Å²) in [7, 11) is 0. The number of aromatic nitrogens is 2. The molecule has 4 rings (SSSR count). The smallest absolute Gasteiger partial charge is 0.231 e. The van der Waals surface area contributed by atoms with Crippen molar-refractivity contribution in [3.63, 3.8) is 0 Å². The second-order valence-corrected chi connectivity index (χ2v) is 8.54. The summed E-state index contributed by atoms with van der Waals surface area (Å²) in [6.07, 6.45) is 6.21. The van der Waals surface area contributed by atoms with E-state index in [1.165, 1.54) is 30.6 Å². The van der Waals surface area contributed by atoms with Gasteiger partial charge in [0.1, 0.15) is 5.01 Å². The molecular weight excluding hydrogens is 384 g/mol. The van der Waals surface area contributed by atoms with Crippen molar-refractivity contribution in [3.05, 3.63) is 34.3 Å². The summed E-state index contributed by atoms with van der Waals surface area (Å²) in [6.45, 7) is 0.322. The van der Waals surface area contributed by atoms with Gasteiger partial charge >= 0.3 is 0 Å². The highest BCUT2D eigenvalue weighted by atomic mass is 35.5. The Labute approximate surface area is 166 Å². The number of carbonyl (C=O) groups excluding carboxylic acids is 2. The zero-order chi connectivity index (χ0) is 18.8. The predicted octanol–water partition coefficient (Wildman–Crippen LogP) is 4.23. The van der Waals surface area contributed by atoms with E-state index in [4.69, 9.17) is 11.6 Å². The van der Waals surface area contributed by atoms with Gasteiger partial charge in [-0.05, 0) is 25.0 Å². The monoisotopic (exact) mass is 404 g/mol. The lowest BCUT2D eigenvalue weighted by molar-refractivity contribution is -0.122. The van der Waals surface area contributed by atoms with Crippen LogP contribution < -0.4 is 10.2 Å². The lowest BCUT2D eigenvalue weighted by atomic mass is 9.90. The molecule has 2 fully saturated rings. The van der Waals surface area contributed by atoms with E-state index in [0.29, 0.717) is 28.3 Å². The van der Waals surface area contributed by atoms with Gasteiger partial charge in [0.15, 0.2) is 0 Å². The summed E-state index contributed by atoms with van der Waals surface area (Å²) in [5, 5.41) is 13.3. The molecule has 1 atom stereocenters. The minimum absolute atomic E-state index is 0.0941. The van der Waals surface area contributed by atoms with Crippen LogP contribution in [0.2, 0.25) is 5.02 Å². The van der Waals surface area contributed by atoms with Crippen LogP contribution in [0, 0.1) is 5.92 Å². The van der Waals surface area contributed by atoms with Crippen molar-refractivity contribution in [2.45, 2.75) is 44.4 Å². The number of hydrogen-bond acceptors (Lipinski definition) is 5. The summed E-state index contributed by atoms with van der Waals surface area (Å²) in [4.78, 5) is 26.6. The van der Waals surface area contributed by atoms with Gasteiger partial charge in [-0.3, -0.25) is 9.59 Å². The number of hydrogen-bond donors (Lipinski definition) is 1. The number of para-hydroxylation sites is 1. The second-order valence-electron chi connectivity index (χ2n) is 7.13. The van der Waals surface area contributed by atoms with Gasteiger partial charge in [0.25, 0.3) is 0 Å². The summed E-state index contributed by atoms with van der Waals surface area (Å²) >= 11 is 7.65. The van der Waals surface area contributed by atoms with Crippen LogP contribution in [0.15, 0.2) is 24.3 Å². The number of halogens is 1. The van der Waals surface area contributed by atoms with Gasteiger partial charge < -0.3 is 10.2 Å². The molecule has 27 heavy (non-hydrogen) atoms. The molecule has 1 saturated heterocycles. The summed E-state index contributed by atoms with van der Waals surface area (Å²) < 4.78 is 0. The molecule has 6 nitrogen and oxygen atoms in total. The first-order valence-electron chi connectivity index (χ1n) is 9.31. The van der Waals surface area contributed by atoms with Crippen molar-refractivity contribution in [3.8, 4) is 0 Å². The first kappa shape index (κ1) is 18.4. The Morgan fingerprint density at radius 2 is 1.96 bits per heavy atom. The molecule has 1 aliphatic heterocycles. The van der Waals surface area contributed by atoms with Crippen LogP contribution in [0.1, 0.15) is 49.5 Å². The Balaban J connectivity index is 1.40. The zero-order valence-corrected chi connectivity index (χ0v) is 16.4. The minimum atomic E-state index is -0.421. The van der Waals surface area contributed by atoms with Crippen LogP contribution in [0.3, 0.4) is 0 Å². The van der Waals surface area contributed by atoms with Crippen molar-refractivity contribution in [1.29, 1.82) is 0 Å². The first-order valence-corrected chi connectivity index (χ1v) is 10.5. The summed E-state index contributed by atoms with van der Waals surface area (Å²) in [5.74, 6) is -0.242. The van der Waals surface area contributed by atoms with E-state index >= 15 is 0 Å². The fourth-order valence-electron chi connectivity index (χ4n) is 3.79. The molecule has 142 valence electrons. The minimum Gasteiger partial charge on any atom is -0.310 e. The van der Waals surface area contributed by atoms with Crippen molar-refractivity contribution < 1.29 is 9.59 Å². The number of nitrogens with zero attached hydrogens (tertiary/aromatic N) is 3. The van der Waals surface area contributed by atoms with Crippen molar-refractivity contribution in [1.82, 2.24) is 10.2 Å². The fourth-order valence-corrected chi connectivity index (χ4v) is 4.95. The summed E-state index contributed by atoms with van der Waals surface area (Å²) in [5.41, 5.74) is 0.648. The fraction of sp³-hybridized carbons (Fsp3) is 0.474. The predicted molar refractivity (Wildman–Crippen MR) is 106 cm³/mol. The molecule has 2 aromatic rings. The van der Waals surface area contributed by atoms with E-state index in [2.05, 4.69) is 15.5 Å². The Morgan fingerprint density at radius 1 is 1.19 bits per heavy atom. The van der Waals surface area contributed by atoms with E-state index < -0.39 is 5.92 Å². The maximum Gasteiger partial charge on any atom is 0.231 e. The maximum atomic E-state index is 12.6. The molecule has 1 aromatic heterocycles. The Kier molecular flexibility index (Phi) is 5.41. The highest BCUT2D eigenvalue weighted by molar-refractivity contribution is 7.15. The van der Waals surface area contributed by atoms with Crippen LogP contribution in [0.4, 0.5) is 10.8 Å². The highest BCUT2D eigenvalue weighted by Gasteiger charge is 2.36. The van der Waals surface area contributed by atoms with Crippen LogP contribution >= 0.6 is 22.9 Å². The second kappa shape index (κ2) is 7.94. The van der Waals surface area contributed by atoms with Crippen molar-refractivity contribution in [2.75, 3.05) is 16.8 Å². The van der Waals surface area contributed by atoms with Crippen LogP contribution in [-0.2, 0) is 9.59 Å². The van der Waals surface area contributed by atoms with E-state index in [1.54, 1.807) is 17.0 Å². The number of benzene rings is 1. The average molecular weight is 405 g/mol. The van der Waals surface area contributed by atoms with E-state index in [9.17, 15) is 9.59 Å². The molecule has 1 aromatic carbocycles. The molecule has 1 saturated carbocycles. The van der Waals surface area contributed by atoms with Gasteiger partial charge in [-0.2, -0.15) is 0 Å². The molecule has 2 aliphatic rings. The van der Waals surface area contributed by atoms with Gasteiger partial charge in [-0.25, -0.2) is 0 Å². The lowest BCUT2D eigenvalue weighted by Crippen LogP contribution is -2.28. The third-order valence-electron chi connectivity index (χ3n) is 5.26. The molecule has 0 bridgehead atoms. The topological polar surface area (TPSA) is 75.2 Å². The Morgan fingerprint density at radius 3 is 2.74 bits per heavy atom.